The SMILES string of the molecule is CC(C)(C)C(=O)NCC1(N)CCCC1. The van der Waals surface area contributed by atoms with E-state index in [-0.39, 0.29) is 16.9 Å². The number of hydrogen-bond acceptors (Lipinski definition) is 2. The second-order valence-corrected chi connectivity index (χ2v) is 5.50. The van der Waals surface area contributed by atoms with E-state index in [4.69, 9.17) is 5.73 Å². The standard InChI is InChI=1S/C11H22N2O/c1-10(2,3)9(14)13-8-11(12)6-4-5-7-11/h4-8,12H2,1-3H3,(H,13,14). The number of carbonyl (C=O) groups excluding carboxylic acids is 1. The predicted octanol–water partition coefficient (Wildman–Crippen LogP) is 1.42. The third kappa shape index (κ3) is 2.98. The molecule has 0 heterocycles. The van der Waals surface area contributed by atoms with E-state index in [1.54, 1.807) is 0 Å². The molecule has 1 fully saturated rings. The van der Waals surface area contributed by atoms with Gasteiger partial charge in [0.25, 0.3) is 0 Å². The number of nitrogens with one attached hydrogen (secondary N) is 1. The molecular formula is C11H22N2O. The minimum Gasteiger partial charge on any atom is -0.354 e. The van der Waals surface area contributed by atoms with E-state index in [1.165, 1.54) is 12.8 Å². The molecule has 3 nitrogen and oxygen atoms in total. The van der Waals surface area contributed by atoms with Crippen molar-refractivity contribution in [2.45, 2.75) is 52.0 Å². The number of nitrogens with two attached hydrogens (primary N) is 1. The van der Waals surface area contributed by atoms with Crippen LogP contribution in [0.2, 0.25) is 0 Å². The van der Waals surface area contributed by atoms with Crippen molar-refractivity contribution in [2.24, 2.45) is 11.1 Å². The molecule has 0 unspecified atom stereocenters. The van der Waals surface area contributed by atoms with Gasteiger partial charge in [0.05, 0.1) is 0 Å². The van der Waals surface area contributed by atoms with Gasteiger partial charge in [-0.1, -0.05) is 33.6 Å². The van der Waals surface area contributed by atoms with Gasteiger partial charge < -0.3 is 11.1 Å². The molecule has 0 atom stereocenters. The molecule has 0 radical (unpaired) electrons. The summed E-state index contributed by atoms with van der Waals surface area (Å²) in [6.07, 6.45) is 4.47. The molecule has 0 aromatic carbocycles. The van der Waals surface area contributed by atoms with Gasteiger partial charge in [0.1, 0.15) is 0 Å². The fourth-order valence-corrected chi connectivity index (χ4v) is 1.78. The van der Waals surface area contributed by atoms with Crippen LogP contribution in [-0.4, -0.2) is 18.0 Å². The highest BCUT2D eigenvalue weighted by Gasteiger charge is 2.31. The summed E-state index contributed by atoms with van der Waals surface area (Å²) < 4.78 is 0. The second-order valence-electron chi connectivity index (χ2n) is 5.50. The lowest BCUT2D eigenvalue weighted by Gasteiger charge is -2.26. The van der Waals surface area contributed by atoms with Crippen LogP contribution in [0.15, 0.2) is 0 Å². The third-order valence-corrected chi connectivity index (χ3v) is 2.88. The van der Waals surface area contributed by atoms with Crippen LogP contribution in [0, 0.1) is 5.41 Å². The van der Waals surface area contributed by atoms with Crippen molar-refractivity contribution < 1.29 is 4.79 Å². The molecule has 0 aliphatic heterocycles. The Bertz CT molecular complexity index is 212. The number of rotatable bonds is 2. The average Bonchev–Trinajstić information content (AvgIpc) is 2.47. The lowest BCUT2D eigenvalue weighted by molar-refractivity contribution is -0.128. The molecule has 1 saturated carbocycles. The lowest BCUT2D eigenvalue weighted by Crippen LogP contribution is -2.50. The zero-order valence-corrected chi connectivity index (χ0v) is 9.52. The van der Waals surface area contributed by atoms with Gasteiger partial charge in [-0.25, -0.2) is 0 Å². The van der Waals surface area contributed by atoms with Gasteiger partial charge in [-0.2, -0.15) is 0 Å². The van der Waals surface area contributed by atoms with Crippen molar-refractivity contribution in [3.05, 3.63) is 0 Å². The first kappa shape index (κ1) is 11.5. The first-order valence-corrected chi connectivity index (χ1v) is 5.41. The van der Waals surface area contributed by atoms with Crippen LogP contribution in [0.1, 0.15) is 46.5 Å². The van der Waals surface area contributed by atoms with Crippen LogP contribution in [-0.2, 0) is 4.79 Å². The maximum Gasteiger partial charge on any atom is 0.225 e. The number of amides is 1. The fraction of sp³-hybridized carbons (Fsp3) is 0.909. The van der Waals surface area contributed by atoms with Crippen molar-refractivity contribution in [1.82, 2.24) is 5.32 Å². The molecule has 0 bridgehead atoms. The zero-order chi connectivity index (χ0) is 10.8. The Kier molecular flexibility index (Phi) is 3.20. The summed E-state index contributed by atoms with van der Waals surface area (Å²) in [4.78, 5) is 11.6. The van der Waals surface area contributed by atoms with Crippen molar-refractivity contribution in [3.63, 3.8) is 0 Å². The summed E-state index contributed by atoms with van der Waals surface area (Å²) in [6.45, 7) is 6.38. The van der Waals surface area contributed by atoms with Crippen molar-refractivity contribution >= 4 is 5.91 Å². The van der Waals surface area contributed by atoms with Crippen molar-refractivity contribution in [1.29, 1.82) is 0 Å². The molecular weight excluding hydrogens is 176 g/mol. The van der Waals surface area contributed by atoms with Crippen LogP contribution in [0.4, 0.5) is 0 Å². The second kappa shape index (κ2) is 3.89. The summed E-state index contributed by atoms with van der Waals surface area (Å²) in [7, 11) is 0. The Morgan fingerprint density at radius 1 is 1.36 bits per heavy atom. The van der Waals surface area contributed by atoms with E-state index >= 15 is 0 Å². The lowest BCUT2D eigenvalue weighted by atomic mass is 9.94. The minimum absolute atomic E-state index is 0.0919. The summed E-state index contributed by atoms with van der Waals surface area (Å²) >= 11 is 0. The zero-order valence-electron chi connectivity index (χ0n) is 9.52. The quantitative estimate of drug-likeness (QED) is 0.705. The van der Waals surface area contributed by atoms with Gasteiger partial charge in [-0.15, -0.1) is 0 Å². The Hall–Kier alpha value is -0.570. The maximum atomic E-state index is 11.6. The molecule has 1 rings (SSSR count). The van der Waals surface area contributed by atoms with Crippen LogP contribution in [0.3, 0.4) is 0 Å². The number of carbonyl (C=O) groups is 1. The average molecular weight is 198 g/mol. The number of hydrogen-bond donors (Lipinski definition) is 2. The van der Waals surface area contributed by atoms with Gasteiger partial charge in [-0.3, -0.25) is 4.79 Å². The van der Waals surface area contributed by atoms with Crippen molar-refractivity contribution in [2.75, 3.05) is 6.54 Å². The Balaban J connectivity index is 2.37. The monoisotopic (exact) mass is 198 g/mol. The molecule has 1 aliphatic carbocycles. The summed E-state index contributed by atoms with van der Waals surface area (Å²) in [6, 6.07) is 0. The van der Waals surface area contributed by atoms with E-state index in [9.17, 15) is 4.79 Å². The molecule has 0 spiro atoms. The van der Waals surface area contributed by atoms with E-state index in [2.05, 4.69) is 5.32 Å². The molecule has 0 aromatic heterocycles. The van der Waals surface area contributed by atoms with Gasteiger partial charge in [-0.05, 0) is 12.8 Å². The molecule has 3 N–H and O–H groups in total. The first-order valence-electron chi connectivity index (χ1n) is 5.41. The topological polar surface area (TPSA) is 55.1 Å². The van der Waals surface area contributed by atoms with Crippen molar-refractivity contribution in [3.8, 4) is 0 Å². The molecule has 14 heavy (non-hydrogen) atoms. The van der Waals surface area contributed by atoms with Crippen LogP contribution < -0.4 is 11.1 Å². The van der Waals surface area contributed by atoms with E-state index in [0.29, 0.717) is 6.54 Å². The van der Waals surface area contributed by atoms with Crippen LogP contribution in [0.25, 0.3) is 0 Å². The van der Waals surface area contributed by atoms with Gasteiger partial charge in [0.15, 0.2) is 0 Å². The van der Waals surface area contributed by atoms with Gasteiger partial charge >= 0.3 is 0 Å². The summed E-state index contributed by atoms with van der Waals surface area (Å²) in [5.41, 5.74) is 5.69. The third-order valence-electron chi connectivity index (χ3n) is 2.88. The van der Waals surface area contributed by atoms with E-state index in [1.807, 2.05) is 20.8 Å². The molecule has 82 valence electrons. The minimum atomic E-state index is -0.311. The molecule has 1 amide bonds. The molecule has 0 aromatic rings. The van der Waals surface area contributed by atoms with E-state index in [0.717, 1.165) is 12.8 Å². The highest BCUT2D eigenvalue weighted by molar-refractivity contribution is 5.81. The van der Waals surface area contributed by atoms with Gasteiger partial charge in [0.2, 0.25) is 5.91 Å². The largest absolute Gasteiger partial charge is 0.354 e. The van der Waals surface area contributed by atoms with E-state index < -0.39 is 0 Å². The smallest absolute Gasteiger partial charge is 0.225 e. The highest BCUT2D eigenvalue weighted by Crippen LogP contribution is 2.26. The Morgan fingerprint density at radius 3 is 2.29 bits per heavy atom. The van der Waals surface area contributed by atoms with Crippen LogP contribution >= 0.6 is 0 Å². The Labute approximate surface area is 86.4 Å². The first-order chi connectivity index (χ1) is 6.33. The fourth-order valence-electron chi connectivity index (χ4n) is 1.78. The highest BCUT2D eigenvalue weighted by atomic mass is 16.2. The Morgan fingerprint density at radius 2 is 1.86 bits per heavy atom. The molecule has 3 heteroatoms. The summed E-state index contributed by atoms with van der Waals surface area (Å²) in [5.74, 6) is 0.0919. The van der Waals surface area contributed by atoms with Crippen LogP contribution in [0.5, 0.6) is 0 Å². The molecule has 1 aliphatic rings. The normalized spacial score (nSPS) is 20.9. The maximum absolute atomic E-state index is 11.6. The predicted molar refractivity (Wildman–Crippen MR) is 57.9 cm³/mol. The summed E-state index contributed by atoms with van der Waals surface area (Å²) in [5, 5.41) is 2.94. The van der Waals surface area contributed by atoms with Gasteiger partial charge in [0, 0.05) is 17.5 Å². The molecule has 0 saturated heterocycles.